The number of nitriles is 1. The third-order valence-electron chi connectivity index (χ3n) is 2.81. The molecule has 3 nitrogen and oxygen atoms in total. The Labute approximate surface area is 96.0 Å². The summed E-state index contributed by atoms with van der Waals surface area (Å²) in [6.07, 6.45) is 2.67. The number of benzene rings is 1. The molecular weight excluding hydrogens is 200 g/mol. The lowest BCUT2D eigenvalue weighted by Crippen LogP contribution is -2.23. The summed E-state index contributed by atoms with van der Waals surface area (Å²) in [6.45, 7) is 1.67. The maximum absolute atomic E-state index is 8.42. The van der Waals surface area contributed by atoms with Crippen LogP contribution in [0.25, 0.3) is 0 Å². The smallest absolute Gasteiger partial charge is 0.124 e. The van der Waals surface area contributed by atoms with E-state index in [1.54, 1.807) is 0 Å². The average Bonchev–Trinajstić information content (AvgIpc) is 2.73. The van der Waals surface area contributed by atoms with Gasteiger partial charge in [0.1, 0.15) is 12.4 Å². The second kappa shape index (κ2) is 5.53. The second-order valence-electron chi connectivity index (χ2n) is 3.97. The third-order valence-corrected chi connectivity index (χ3v) is 2.81. The zero-order valence-corrected chi connectivity index (χ0v) is 9.28. The highest BCUT2D eigenvalue weighted by Crippen LogP contribution is 2.31. The molecule has 1 aromatic rings. The fraction of sp³-hybridized carbons (Fsp3) is 0.462. The molecule has 3 heteroatoms. The molecule has 1 aliphatic rings. The van der Waals surface area contributed by atoms with Crippen molar-refractivity contribution < 1.29 is 4.74 Å². The largest absolute Gasteiger partial charge is 0.491 e. The van der Waals surface area contributed by atoms with Gasteiger partial charge in [0.15, 0.2) is 0 Å². The normalized spacial score (nSPS) is 17.6. The number of para-hydroxylation sites is 1. The number of rotatable bonds is 5. The van der Waals surface area contributed by atoms with Gasteiger partial charge in [0, 0.05) is 12.0 Å². The molecule has 16 heavy (non-hydrogen) atoms. The summed E-state index contributed by atoms with van der Waals surface area (Å²) in [6, 6.07) is 10.6. The van der Waals surface area contributed by atoms with Gasteiger partial charge in [-0.2, -0.15) is 5.26 Å². The summed E-state index contributed by atoms with van der Waals surface area (Å²) < 4.78 is 5.57. The molecule has 0 radical (unpaired) electrons. The van der Waals surface area contributed by atoms with Gasteiger partial charge < -0.3 is 10.1 Å². The van der Waals surface area contributed by atoms with Crippen molar-refractivity contribution in [1.29, 1.82) is 5.26 Å². The van der Waals surface area contributed by atoms with Crippen LogP contribution in [-0.2, 0) is 0 Å². The Kier molecular flexibility index (Phi) is 3.79. The van der Waals surface area contributed by atoms with Crippen LogP contribution in [0.4, 0.5) is 0 Å². The van der Waals surface area contributed by atoms with E-state index in [1.807, 2.05) is 18.2 Å². The topological polar surface area (TPSA) is 45.0 Å². The maximum atomic E-state index is 8.42. The maximum Gasteiger partial charge on any atom is 0.124 e. The third kappa shape index (κ3) is 2.53. The lowest BCUT2D eigenvalue weighted by molar-refractivity contribution is 0.310. The van der Waals surface area contributed by atoms with Crippen molar-refractivity contribution in [3.8, 4) is 11.8 Å². The van der Waals surface area contributed by atoms with Crippen molar-refractivity contribution in [2.45, 2.75) is 25.3 Å². The van der Waals surface area contributed by atoms with Gasteiger partial charge in [0.25, 0.3) is 0 Å². The SMILES string of the molecule is N#CCCCCNC1COc2ccccc21. The molecule has 1 unspecified atom stereocenters. The number of unbranched alkanes of at least 4 members (excludes halogenated alkanes) is 2. The van der Waals surface area contributed by atoms with E-state index in [4.69, 9.17) is 10.00 Å². The van der Waals surface area contributed by atoms with Gasteiger partial charge in [-0.1, -0.05) is 18.2 Å². The molecule has 0 spiro atoms. The van der Waals surface area contributed by atoms with Gasteiger partial charge >= 0.3 is 0 Å². The Morgan fingerprint density at radius 1 is 1.38 bits per heavy atom. The highest BCUT2D eigenvalue weighted by molar-refractivity contribution is 5.39. The van der Waals surface area contributed by atoms with E-state index in [0.717, 1.165) is 31.7 Å². The summed E-state index contributed by atoms with van der Waals surface area (Å²) in [4.78, 5) is 0. The van der Waals surface area contributed by atoms with Crippen molar-refractivity contribution in [2.24, 2.45) is 0 Å². The average molecular weight is 216 g/mol. The van der Waals surface area contributed by atoms with Crippen LogP contribution >= 0.6 is 0 Å². The molecule has 0 amide bonds. The number of hydrogen-bond donors (Lipinski definition) is 1. The Morgan fingerprint density at radius 3 is 3.12 bits per heavy atom. The van der Waals surface area contributed by atoms with Crippen LogP contribution < -0.4 is 10.1 Å². The van der Waals surface area contributed by atoms with Gasteiger partial charge in [0.2, 0.25) is 0 Å². The lowest BCUT2D eigenvalue weighted by Gasteiger charge is -2.10. The first kappa shape index (κ1) is 11.0. The molecule has 0 bridgehead atoms. The standard InChI is InChI=1S/C13H16N2O/c14-8-4-1-5-9-15-12-10-16-13-7-3-2-6-11(12)13/h2-3,6-7,12,15H,1,4-5,9-10H2. The highest BCUT2D eigenvalue weighted by Gasteiger charge is 2.22. The molecule has 0 fully saturated rings. The number of ether oxygens (including phenoxy) is 1. The van der Waals surface area contributed by atoms with Crippen molar-refractivity contribution in [3.05, 3.63) is 29.8 Å². The van der Waals surface area contributed by atoms with Crippen molar-refractivity contribution in [3.63, 3.8) is 0 Å². The minimum absolute atomic E-state index is 0.318. The summed E-state index contributed by atoms with van der Waals surface area (Å²) in [5.41, 5.74) is 1.25. The molecule has 84 valence electrons. The Balaban J connectivity index is 1.78. The Bertz CT molecular complexity index is 384. The van der Waals surface area contributed by atoms with Crippen molar-refractivity contribution >= 4 is 0 Å². The van der Waals surface area contributed by atoms with E-state index < -0.39 is 0 Å². The van der Waals surface area contributed by atoms with Crippen LogP contribution in [0.5, 0.6) is 5.75 Å². The van der Waals surface area contributed by atoms with Gasteiger partial charge in [-0.3, -0.25) is 0 Å². The van der Waals surface area contributed by atoms with Crippen LogP contribution in [0.2, 0.25) is 0 Å². The molecule has 1 heterocycles. The van der Waals surface area contributed by atoms with Gasteiger partial charge in [-0.15, -0.1) is 0 Å². The zero-order valence-electron chi connectivity index (χ0n) is 9.28. The molecule has 0 saturated heterocycles. The van der Waals surface area contributed by atoms with E-state index in [-0.39, 0.29) is 0 Å². The van der Waals surface area contributed by atoms with Crippen LogP contribution in [0.15, 0.2) is 24.3 Å². The zero-order chi connectivity index (χ0) is 11.2. The predicted molar refractivity (Wildman–Crippen MR) is 62.1 cm³/mol. The fourth-order valence-corrected chi connectivity index (χ4v) is 1.94. The monoisotopic (exact) mass is 216 g/mol. The summed E-state index contributed by atoms with van der Waals surface area (Å²) >= 11 is 0. The summed E-state index contributed by atoms with van der Waals surface area (Å²) in [7, 11) is 0. The molecular formula is C13H16N2O. The first-order valence-electron chi connectivity index (χ1n) is 5.74. The molecule has 2 rings (SSSR count). The molecule has 1 N–H and O–H groups in total. The van der Waals surface area contributed by atoms with Gasteiger partial charge in [-0.25, -0.2) is 0 Å². The number of nitrogens with one attached hydrogen (secondary N) is 1. The van der Waals surface area contributed by atoms with Crippen molar-refractivity contribution in [1.82, 2.24) is 5.32 Å². The highest BCUT2D eigenvalue weighted by atomic mass is 16.5. The van der Waals surface area contributed by atoms with Crippen LogP contribution in [0.3, 0.4) is 0 Å². The second-order valence-corrected chi connectivity index (χ2v) is 3.97. The summed E-state index contributed by atoms with van der Waals surface area (Å²) in [5.74, 6) is 0.997. The molecule has 0 aliphatic carbocycles. The molecule has 0 aromatic heterocycles. The van der Waals surface area contributed by atoms with Gasteiger partial charge in [0.05, 0.1) is 12.1 Å². The van der Waals surface area contributed by atoms with Crippen LogP contribution in [-0.4, -0.2) is 13.2 Å². The molecule has 1 aliphatic heterocycles. The minimum atomic E-state index is 0.318. The fourth-order valence-electron chi connectivity index (χ4n) is 1.94. The lowest BCUT2D eigenvalue weighted by atomic mass is 10.1. The Morgan fingerprint density at radius 2 is 2.25 bits per heavy atom. The van der Waals surface area contributed by atoms with E-state index in [2.05, 4.69) is 17.5 Å². The van der Waals surface area contributed by atoms with E-state index in [1.165, 1.54) is 5.56 Å². The van der Waals surface area contributed by atoms with Crippen molar-refractivity contribution in [2.75, 3.05) is 13.2 Å². The van der Waals surface area contributed by atoms with E-state index >= 15 is 0 Å². The van der Waals surface area contributed by atoms with E-state index in [0.29, 0.717) is 12.5 Å². The molecule has 0 saturated carbocycles. The minimum Gasteiger partial charge on any atom is -0.491 e. The molecule has 1 aromatic carbocycles. The van der Waals surface area contributed by atoms with Crippen LogP contribution in [0.1, 0.15) is 30.9 Å². The van der Waals surface area contributed by atoms with E-state index in [9.17, 15) is 0 Å². The van der Waals surface area contributed by atoms with Crippen LogP contribution in [0, 0.1) is 11.3 Å². The first-order chi connectivity index (χ1) is 7.92. The van der Waals surface area contributed by atoms with Gasteiger partial charge in [-0.05, 0) is 25.5 Å². The number of fused-ring (bicyclic) bond motifs is 1. The summed E-state index contributed by atoms with van der Waals surface area (Å²) in [5, 5.41) is 11.9. The first-order valence-corrected chi connectivity index (χ1v) is 5.74. The Hall–Kier alpha value is -1.53. The predicted octanol–water partition coefficient (Wildman–Crippen LogP) is 2.40. The number of hydrogen-bond acceptors (Lipinski definition) is 3. The quantitative estimate of drug-likeness (QED) is 0.769. The molecule has 1 atom stereocenters. The number of nitrogens with zero attached hydrogens (tertiary/aromatic N) is 1.